The van der Waals surface area contributed by atoms with Gasteiger partial charge < -0.3 is 10.4 Å². The van der Waals surface area contributed by atoms with Crippen LogP contribution >= 0.6 is 0 Å². The molecule has 7 heteroatoms. The van der Waals surface area contributed by atoms with Crippen LogP contribution in [-0.4, -0.2) is 28.6 Å². The van der Waals surface area contributed by atoms with Crippen molar-refractivity contribution in [2.45, 2.75) is 32.5 Å². The molecular formula is C13H17F3N2O2. The van der Waals surface area contributed by atoms with Crippen LogP contribution in [0.1, 0.15) is 36.3 Å². The number of hydrogen-bond donors (Lipinski definition) is 2. The maximum Gasteiger partial charge on any atom is 0.418 e. The Hall–Kier alpha value is -1.63. The Morgan fingerprint density at radius 3 is 2.60 bits per heavy atom. The highest BCUT2D eigenvalue weighted by Crippen LogP contribution is 2.30. The topological polar surface area (TPSA) is 62.2 Å². The standard InChI is InChI=1S/C13H17F3N2O2/c1-8(2)6-9(7-19)18-12(20)11-10(13(14,15)16)4-3-5-17-11/h3-5,8-9,19H,6-7H2,1-2H3,(H,18,20). The first-order valence-electron chi connectivity index (χ1n) is 6.19. The summed E-state index contributed by atoms with van der Waals surface area (Å²) < 4.78 is 38.3. The maximum absolute atomic E-state index is 12.8. The van der Waals surface area contributed by atoms with E-state index in [4.69, 9.17) is 5.11 Å². The molecule has 2 N–H and O–H groups in total. The Bertz CT molecular complexity index is 461. The molecule has 0 aliphatic carbocycles. The maximum atomic E-state index is 12.8. The van der Waals surface area contributed by atoms with Gasteiger partial charge in [-0.05, 0) is 24.5 Å². The Kier molecular flexibility index (Phi) is 5.50. The molecule has 0 aromatic carbocycles. The van der Waals surface area contributed by atoms with E-state index in [0.29, 0.717) is 6.42 Å². The second-order valence-electron chi connectivity index (χ2n) is 4.88. The number of amides is 1. The number of aliphatic hydroxyl groups is 1. The van der Waals surface area contributed by atoms with E-state index in [9.17, 15) is 18.0 Å². The summed E-state index contributed by atoms with van der Waals surface area (Å²) in [5, 5.41) is 11.5. The molecule has 0 saturated heterocycles. The zero-order chi connectivity index (χ0) is 15.3. The van der Waals surface area contributed by atoms with Gasteiger partial charge in [-0.3, -0.25) is 9.78 Å². The number of pyridine rings is 1. The van der Waals surface area contributed by atoms with Gasteiger partial charge in [0, 0.05) is 6.20 Å². The molecule has 0 aliphatic rings. The molecule has 20 heavy (non-hydrogen) atoms. The number of aromatic nitrogens is 1. The molecule has 0 aliphatic heterocycles. The van der Waals surface area contributed by atoms with Gasteiger partial charge in [0.2, 0.25) is 0 Å². The molecule has 1 aromatic heterocycles. The molecule has 0 saturated carbocycles. The molecule has 0 fully saturated rings. The summed E-state index contributed by atoms with van der Waals surface area (Å²) in [4.78, 5) is 15.4. The van der Waals surface area contributed by atoms with E-state index in [1.165, 1.54) is 0 Å². The highest BCUT2D eigenvalue weighted by molar-refractivity contribution is 5.94. The Morgan fingerprint density at radius 2 is 2.10 bits per heavy atom. The fourth-order valence-corrected chi connectivity index (χ4v) is 1.82. The number of halogens is 3. The van der Waals surface area contributed by atoms with Crippen molar-refractivity contribution in [2.75, 3.05) is 6.61 Å². The number of rotatable bonds is 5. The lowest BCUT2D eigenvalue weighted by molar-refractivity contribution is -0.138. The Balaban J connectivity index is 2.93. The zero-order valence-corrected chi connectivity index (χ0v) is 11.2. The number of alkyl halides is 3. The molecule has 1 amide bonds. The fourth-order valence-electron chi connectivity index (χ4n) is 1.82. The van der Waals surface area contributed by atoms with Crippen molar-refractivity contribution in [3.05, 3.63) is 29.6 Å². The van der Waals surface area contributed by atoms with Gasteiger partial charge in [0.05, 0.1) is 18.2 Å². The van der Waals surface area contributed by atoms with Crippen molar-refractivity contribution in [2.24, 2.45) is 5.92 Å². The molecule has 0 bridgehead atoms. The number of nitrogens with zero attached hydrogens (tertiary/aromatic N) is 1. The van der Waals surface area contributed by atoms with E-state index >= 15 is 0 Å². The molecule has 0 radical (unpaired) electrons. The number of nitrogens with one attached hydrogen (secondary N) is 1. The second kappa shape index (κ2) is 6.69. The van der Waals surface area contributed by atoms with Crippen LogP contribution < -0.4 is 5.32 Å². The summed E-state index contributed by atoms with van der Waals surface area (Å²) in [6, 6.07) is 1.33. The highest BCUT2D eigenvalue weighted by Gasteiger charge is 2.36. The summed E-state index contributed by atoms with van der Waals surface area (Å²) in [5.74, 6) is -0.740. The number of carbonyl (C=O) groups is 1. The van der Waals surface area contributed by atoms with E-state index in [1.807, 2.05) is 13.8 Å². The lowest BCUT2D eigenvalue weighted by Gasteiger charge is -2.19. The van der Waals surface area contributed by atoms with E-state index in [-0.39, 0.29) is 12.5 Å². The molecule has 1 rings (SSSR count). The van der Waals surface area contributed by atoms with Crippen LogP contribution in [-0.2, 0) is 6.18 Å². The minimum atomic E-state index is -4.65. The van der Waals surface area contributed by atoms with Gasteiger partial charge in [-0.1, -0.05) is 13.8 Å². The largest absolute Gasteiger partial charge is 0.418 e. The van der Waals surface area contributed by atoms with Crippen LogP contribution in [0.3, 0.4) is 0 Å². The second-order valence-corrected chi connectivity index (χ2v) is 4.88. The monoisotopic (exact) mass is 290 g/mol. The van der Waals surface area contributed by atoms with E-state index in [1.54, 1.807) is 0 Å². The summed E-state index contributed by atoms with van der Waals surface area (Å²) in [5.41, 5.74) is -1.76. The first-order chi connectivity index (χ1) is 9.25. The summed E-state index contributed by atoms with van der Waals surface area (Å²) in [6.07, 6.45) is -3.05. The molecule has 0 spiro atoms. The summed E-state index contributed by atoms with van der Waals surface area (Å²) >= 11 is 0. The molecule has 1 atom stereocenters. The Labute approximate surface area is 115 Å². The molecule has 4 nitrogen and oxygen atoms in total. The average Bonchev–Trinajstić information content (AvgIpc) is 2.36. The minimum Gasteiger partial charge on any atom is -0.394 e. The van der Waals surface area contributed by atoms with Crippen molar-refractivity contribution in [1.29, 1.82) is 0 Å². The van der Waals surface area contributed by atoms with Gasteiger partial charge >= 0.3 is 6.18 Å². The first kappa shape index (κ1) is 16.4. The van der Waals surface area contributed by atoms with E-state index in [2.05, 4.69) is 10.3 Å². The van der Waals surface area contributed by atoms with Crippen molar-refractivity contribution in [1.82, 2.24) is 10.3 Å². The summed E-state index contributed by atoms with van der Waals surface area (Å²) in [7, 11) is 0. The van der Waals surface area contributed by atoms with Gasteiger partial charge in [-0.2, -0.15) is 13.2 Å². The molecular weight excluding hydrogens is 273 g/mol. The molecule has 1 heterocycles. The Morgan fingerprint density at radius 1 is 1.45 bits per heavy atom. The van der Waals surface area contributed by atoms with Crippen molar-refractivity contribution < 1.29 is 23.1 Å². The van der Waals surface area contributed by atoms with Crippen LogP contribution in [0.25, 0.3) is 0 Å². The minimum absolute atomic E-state index is 0.193. The van der Waals surface area contributed by atoms with Gasteiger partial charge in [0.15, 0.2) is 0 Å². The van der Waals surface area contributed by atoms with Crippen molar-refractivity contribution in [3.63, 3.8) is 0 Å². The quantitative estimate of drug-likeness (QED) is 0.874. The summed E-state index contributed by atoms with van der Waals surface area (Å²) in [6.45, 7) is 3.44. The molecule has 1 unspecified atom stereocenters. The smallest absolute Gasteiger partial charge is 0.394 e. The van der Waals surface area contributed by atoms with Crippen molar-refractivity contribution >= 4 is 5.91 Å². The third kappa shape index (κ3) is 4.48. The third-order valence-corrected chi connectivity index (χ3v) is 2.64. The molecule has 112 valence electrons. The number of aliphatic hydroxyl groups excluding tert-OH is 1. The predicted molar refractivity (Wildman–Crippen MR) is 67.0 cm³/mol. The fraction of sp³-hybridized carbons (Fsp3) is 0.538. The van der Waals surface area contributed by atoms with Gasteiger partial charge in [-0.15, -0.1) is 0 Å². The van der Waals surface area contributed by atoms with Gasteiger partial charge in [0.25, 0.3) is 5.91 Å². The van der Waals surface area contributed by atoms with Crippen molar-refractivity contribution in [3.8, 4) is 0 Å². The lowest BCUT2D eigenvalue weighted by atomic mass is 10.0. The predicted octanol–water partition coefficient (Wildman–Crippen LogP) is 2.24. The van der Waals surface area contributed by atoms with Crippen LogP contribution in [0, 0.1) is 5.92 Å². The van der Waals surface area contributed by atoms with Crippen LogP contribution in [0.15, 0.2) is 18.3 Å². The van der Waals surface area contributed by atoms with Crippen LogP contribution in [0.4, 0.5) is 13.2 Å². The number of carbonyl (C=O) groups excluding carboxylic acids is 1. The molecule has 1 aromatic rings. The van der Waals surface area contributed by atoms with Crippen LogP contribution in [0.5, 0.6) is 0 Å². The van der Waals surface area contributed by atoms with E-state index in [0.717, 1.165) is 18.3 Å². The van der Waals surface area contributed by atoms with Crippen LogP contribution in [0.2, 0.25) is 0 Å². The zero-order valence-electron chi connectivity index (χ0n) is 11.2. The third-order valence-electron chi connectivity index (χ3n) is 2.64. The van der Waals surface area contributed by atoms with Gasteiger partial charge in [0.1, 0.15) is 5.69 Å². The SMILES string of the molecule is CC(C)CC(CO)NC(=O)c1ncccc1C(F)(F)F. The van der Waals surface area contributed by atoms with E-state index < -0.39 is 29.4 Å². The van der Waals surface area contributed by atoms with Gasteiger partial charge in [-0.25, -0.2) is 0 Å². The average molecular weight is 290 g/mol. The first-order valence-corrected chi connectivity index (χ1v) is 6.19. The number of hydrogen-bond acceptors (Lipinski definition) is 3. The highest BCUT2D eigenvalue weighted by atomic mass is 19.4. The lowest BCUT2D eigenvalue weighted by Crippen LogP contribution is -2.39. The normalized spacial score (nSPS) is 13.3.